The molecule has 12 nitrogen and oxygen atoms in total. The molecule has 0 aromatic carbocycles. The van der Waals surface area contributed by atoms with Crippen LogP contribution in [-0.4, -0.2) is 35.8 Å². The van der Waals surface area contributed by atoms with Crippen molar-refractivity contribution >= 4 is 35.8 Å². The van der Waals surface area contributed by atoms with E-state index < -0.39 is 35.8 Å². The van der Waals surface area contributed by atoms with Gasteiger partial charge in [0.05, 0.1) is 0 Å². The number of carbonyl (C=O) groups is 6. The topological polar surface area (TPSA) is 241 Å². The molecular formula is C48H78MoO12-6. The average Bonchev–Trinajstić information content (AvgIpc) is 4.06. The molecule has 6 fully saturated rings. The molecule has 13 heteroatoms. The van der Waals surface area contributed by atoms with Crippen LogP contribution < -0.4 is 30.6 Å². The van der Waals surface area contributed by atoms with E-state index in [0.29, 0.717) is 35.5 Å². The van der Waals surface area contributed by atoms with Crippen molar-refractivity contribution in [3.63, 3.8) is 0 Å². The summed E-state index contributed by atoms with van der Waals surface area (Å²) in [7, 11) is 0. The van der Waals surface area contributed by atoms with E-state index in [0.717, 1.165) is 38.5 Å². The van der Waals surface area contributed by atoms with Gasteiger partial charge in [0.2, 0.25) is 0 Å². The molecule has 0 amide bonds. The van der Waals surface area contributed by atoms with E-state index in [4.69, 9.17) is 0 Å². The van der Waals surface area contributed by atoms with E-state index in [1.165, 1.54) is 154 Å². The van der Waals surface area contributed by atoms with Gasteiger partial charge < -0.3 is 59.4 Å². The fraction of sp³-hybridized carbons (Fsp3) is 0.875. The zero-order valence-corrected chi connectivity index (χ0v) is 39.2. The van der Waals surface area contributed by atoms with Crippen LogP contribution in [0.15, 0.2) is 0 Å². The summed E-state index contributed by atoms with van der Waals surface area (Å²) in [4.78, 5) is 60.3. The number of carboxylic acid groups (broad SMARTS) is 6. The molecule has 6 rings (SSSR count). The van der Waals surface area contributed by atoms with E-state index in [2.05, 4.69) is 0 Å². The summed E-state index contributed by atoms with van der Waals surface area (Å²) >= 11 is 0. The molecule has 0 saturated heterocycles. The van der Waals surface area contributed by atoms with Crippen molar-refractivity contribution in [2.45, 2.75) is 231 Å². The molecule has 0 aliphatic heterocycles. The second-order valence-electron chi connectivity index (χ2n) is 18.4. The van der Waals surface area contributed by atoms with Gasteiger partial charge in [-0.25, -0.2) is 0 Å². The molecule has 6 aliphatic carbocycles. The SMILES string of the molecule is O=C([O-])CCC1CCCC1.O=C([O-])CCC1CCCC1.O=C([O-])CCC1CCCC1.O=C([O-])CCC1CCCC1.O=C([O-])CCC1CCCC1.O=C([O-])CCC1CCCC1.[Mo]. The summed E-state index contributed by atoms with van der Waals surface area (Å²) in [6.45, 7) is 0. The summed E-state index contributed by atoms with van der Waals surface area (Å²) in [5, 5.41) is 60.3. The Balaban J connectivity index is 0.000000706. The first-order valence-electron chi connectivity index (χ1n) is 23.9. The summed E-state index contributed by atoms with van der Waals surface area (Å²) in [5.41, 5.74) is 0. The van der Waals surface area contributed by atoms with Gasteiger partial charge in [-0.05, 0) is 113 Å². The number of hydrogen-bond acceptors (Lipinski definition) is 12. The minimum Gasteiger partial charge on any atom is -0.550 e. The third-order valence-corrected chi connectivity index (χ3v) is 13.4. The van der Waals surface area contributed by atoms with Crippen LogP contribution in [0, 0.1) is 35.5 Å². The maximum Gasteiger partial charge on any atom is 0.0414 e. The Kier molecular flexibility index (Phi) is 36.5. The van der Waals surface area contributed by atoms with Crippen molar-refractivity contribution in [3.8, 4) is 0 Å². The number of carboxylic acids is 6. The molecule has 0 bridgehead atoms. The van der Waals surface area contributed by atoms with Crippen molar-refractivity contribution in [2.75, 3.05) is 0 Å². The normalized spacial score (nSPS) is 19.3. The minimum atomic E-state index is -0.896. The molecule has 354 valence electrons. The van der Waals surface area contributed by atoms with Crippen LogP contribution in [0.2, 0.25) is 0 Å². The van der Waals surface area contributed by atoms with E-state index in [1.54, 1.807) is 0 Å². The van der Waals surface area contributed by atoms with E-state index >= 15 is 0 Å². The van der Waals surface area contributed by atoms with Crippen LogP contribution in [0.1, 0.15) is 231 Å². The smallest absolute Gasteiger partial charge is 0.0414 e. The maximum atomic E-state index is 10.0. The fourth-order valence-corrected chi connectivity index (χ4v) is 9.73. The first-order chi connectivity index (χ1) is 28.7. The van der Waals surface area contributed by atoms with Crippen molar-refractivity contribution in [3.05, 3.63) is 0 Å². The zero-order valence-electron chi connectivity index (χ0n) is 37.2. The van der Waals surface area contributed by atoms with Crippen molar-refractivity contribution in [1.29, 1.82) is 0 Å². The summed E-state index contributed by atoms with van der Waals surface area (Å²) < 4.78 is 0. The molecule has 6 saturated carbocycles. The molecule has 0 atom stereocenters. The zero-order chi connectivity index (χ0) is 44.4. The Hall–Kier alpha value is -2.49. The Morgan fingerprint density at radius 1 is 0.246 bits per heavy atom. The molecule has 0 aromatic rings. The summed E-state index contributed by atoms with van der Waals surface area (Å²) in [5.74, 6) is -1.31. The van der Waals surface area contributed by atoms with Crippen LogP contribution in [0.5, 0.6) is 0 Å². The molecule has 0 aromatic heterocycles. The molecule has 0 heterocycles. The molecule has 0 unspecified atom stereocenters. The van der Waals surface area contributed by atoms with Gasteiger partial charge in [0.25, 0.3) is 0 Å². The van der Waals surface area contributed by atoms with E-state index in [9.17, 15) is 59.4 Å². The molecule has 0 spiro atoms. The quantitative estimate of drug-likeness (QED) is 0.175. The number of aliphatic carboxylic acids is 6. The molecular weight excluding hydrogens is 864 g/mol. The fourth-order valence-electron chi connectivity index (χ4n) is 9.73. The first-order valence-corrected chi connectivity index (χ1v) is 23.9. The van der Waals surface area contributed by atoms with E-state index in [1.807, 2.05) is 0 Å². The summed E-state index contributed by atoms with van der Waals surface area (Å²) in [6, 6.07) is 0. The predicted octanol–water partition coefficient (Wildman–Crippen LogP) is 4.24. The third kappa shape index (κ3) is 36.7. The van der Waals surface area contributed by atoms with Crippen LogP contribution >= 0.6 is 0 Å². The van der Waals surface area contributed by atoms with Gasteiger partial charge in [-0.15, -0.1) is 0 Å². The average molecular weight is 943 g/mol. The Morgan fingerprint density at radius 2 is 0.344 bits per heavy atom. The number of carbonyl (C=O) groups excluding carboxylic acids is 6. The Bertz CT molecular complexity index is 927. The van der Waals surface area contributed by atoms with Gasteiger partial charge in [-0.2, -0.15) is 0 Å². The largest absolute Gasteiger partial charge is 0.550 e. The first kappa shape index (κ1) is 58.5. The Morgan fingerprint density at radius 3 is 0.426 bits per heavy atom. The molecule has 6 aliphatic rings. The minimum absolute atomic E-state index is 0. The van der Waals surface area contributed by atoms with Gasteiger partial charge in [-0.1, -0.05) is 154 Å². The maximum absolute atomic E-state index is 10.0. The van der Waals surface area contributed by atoms with Crippen molar-refractivity contribution < 1.29 is 80.5 Å². The van der Waals surface area contributed by atoms with Gasteiger partial charge >= 0.3 is 0 Å². The number of rotatable bonds is 18. The van der Waals surface area contributed by atoms with Gasteiger partial charge in [0.15, 0.2) is 0 Å². The van der Waals surface area contributed by atoms with Crippen LogP contribution in [-0.2, 0) is 49.8 Å². The van der Waals surface area contributed by atoms with Gasteiger partial charge in [-0.3, -0.25) is 0 Å². The third-order valence-electron chi connectivity index (χ3n) is 13.4. The van der Waals surface area contributed by atoms with Crippen LogP contribution in [0.3, 0.4) is 0 Å². The summed E-state index contributed by atoms with van der Waals surface area (Å²) in [6.07, 6.45) is 36.8. The second-order valence-corrected chi connectivity index (χ2v) is 18.4. The monoisotopic (exact) mass is 944 g/mol. The molecule has 0 radical (unpaired) electrons. The second kappa shape index (κ2) is 38.0. The van der Waals surface area contributed by atoms with E-state index in [-0.39, 0.29) is 59.6 Å². The predicted molar refractivity (Wildman–Crippen MR) is 217 cm³/mol. The molecule has 61 heavy (non-hydrogen) atoms. The molecule has 0 N–H and O–H groups in total. The standard InChI is InChI=1S/6C8H14O2.Mo/c6*9-8(10)6-5-7-3-1-2-4-7;/h6*7H,1-6H2,(H,9,10);/p-6. The van der Waals surface area contributed by atoms with Gasteiger partial charge in [0, 0.05) is 56.9 Å². The van der Waals surface area contributed by atoms with Crippen molar-refractivity contribution in [2.24, 2.45) is 35.5 Å². The van der Waals surface area contributed by atoms with Crippen LogP contribution in [0.4, 0.5) is 0 Å². The van der Waals surface area contributed by atoms with Gasteiger partial charge in [0.1, 0.15) is 0 Å². The van der Waals surface area contributed by atoms with Crippen molar-refractivity contribution in [1.82, 2.24) is 0 Å². The number of hydrogen-bond donors (Lipinski definition) is 0. The Labute approximate surface area is 381 Å². The van der Waals surface area contributed by atoms with Crippen LogP contribution in [0.25, 0.3) is 0 Å².